The molecule has 2 bridgehead atoms. The van der Waals surface area contributed by atoms with Crippen LogP contribution in [0.4, 0.5) is 9.59 Å². The largest absolute Gasteiger partial charge is 0.504 e. The van der Waals surface area contributed by atoms with E-state index in [4.69, 9.17) is 35.4 Å². The van der Waals surface area contributed by atoms with Crippen LogP contribution in [0.2, 0.25) is 0 Å². The number of amides is 2. The molecule has 1 spiro atoms. The number of aromatic hydroxyl groups is 1. The van der Waals surface area contributed by atoms with E-state index in [2.05, 4.69) is 16.4 Å². The lowest BCUT2D eigenvalue weighted by atomic mass is 9.49. The first-order chi connectivity index (χ1) is 17.5. The van der Waals surface area contributed by atoms with Crippen molar-refractivity contribution in [2.45, 2.75) is 68.7 Å². The molecule has 1 unspecified atom stereocenters. The van der Waals surface area contributed by atoms with Crippen LogP contribution in [0, 0.1) is 5.92 Å². The maximum atomic E-state index is 12.5. The average Bonchev–Trinajstić information content (AvgIpc) is 3.16. The quantitative estimate of drug-likeness (QED) is 0.247. The lowest BCUT2D eigenvalue weighted by Crippen LogP contribution is -2.76. The molecule has 0 aromatic heterocycles. The van der Waals surface area contributed by atoms with Crippen molar-refractivity contribution in [3.63, 3.8) is 0 Å². The number of aliphatic carboxylic acids is 1. The smallest absolute Gasteiger partial charge is 0.402 e. The van der Waals surface area contributed by atoms with E-state index in [9.17, 15) is 19.8 Å². The van der Waals surface area contributed by atoms with Gasteiger partial charge in [-0.05, 0) is 50.4 Å². The van der Waals surface area contributed by atoms with E-state index >= 15 is 0 Å². The van der Waals surface area contributed by atoms with Gasteiger partial charge in [-0.2, -0.15) is 0 Å². The zero-order valence-electron chi connectivity index (χ0n) is 21.5. The molecule has 4 aliphatic rings. The predicted octanol–water partition coefficient (Wildman–Crippen LogP) is 0.0457. The highest BCUT2D eigenvalue weighted by atomic mass is 16.5. The average molecular weight is 541 g/mol. The molecule has 1 aromatic rings. The van der Waals surface area contributed by atoms with Crippen LogP contribution < -0.4 is 21.9 Å². The number of nitrogens with zero attached hydrogens (tertiary/aromatic N) is 1. The Morgan fingerprint density at radius 1 is 1.11 bits per heavy atom. The summed E-state index contributed by atoms with van der Waals surface area (Å²) in [6.07, 6.45) is -1.06. The number of aliphatic hydroxyl groups is 1. The second kappa shape index (κ2) is 11.4. The van der Waals surface area contributed by atoms with Gasteiger partial charge in [0.1, 0.15) is 6.04 Å². The highest BCUT2D eigenvalue weighted by molar-refractivity contribution is 5.90. The minimum atomic E-state index is -1.33. The van der Waals surface area contributed by atoms with Gasteiger partial charge in [0, 0.05) is 18.0 Å². The lowest BCUT2D eigenvalue weighted by Gasteiger charge is -2.61. The Morgan fingerprint density at radius 3 is 2.13 bits per heavy atom. The van der Waals surface area contributed by atoms with Gasteiger partial charge in [0.25, 0.3) is 0 Å². The summed E-state index contributed by atoms with van der Waals surface area (Å²) >= 11 is 0. The third kappa shape index (κ3) is 5.47. The predicted molar refractivity (Wildman–Crippen MR) is 133 cm³/mol. The highest BCUT2D eigenvalue weighted by Crippen LogP contribution is 2.64. The number of likely N-dealkylation sites (tertiary alicyclic amines) is 1. The number of primary amides is 2. The van der Waals surface area contributed by atoms with E-state index in [1.165, 1.54) is 0 Å². The molecule has 1 saturated heterocycles. The van der Waals surface area contributed by atoms with Gasteiger partial charge < -0.3 is 52.4 Å². The van der Waals surface area contributed by atoms with Crippen molar-refractivity contribution in [3.8, 4) is 11.5 Å². The number of hydrogen-bond donors (Lipinski definition) is 8. The lowest BCUT2D eigenvalue weighted by molar-refractivity contribution is -0.185. The van der Waals surface area contributed by atoms with Crippen LogP contribution in [-0.4, -0.2) is 91.8 Å². The molecule has 2 heterocycles. The summed E-state index contributed by atoms with van der Waals surface area (Å²) in [6.45, 7) is 4.38. The van der Waals surface area contributed by atoms with E-state index in [0.717, 1.165) is 24.1 Å². The van der Waals surface area contributed by atoms with Crippen molar-refractivity contribution in [2.24, 2.45) is 23.1 Å². The molecule has 212 valence electrons. The van der Waals surface area contributed by atoms with Crippen LogP contribution in [0.1, 0.15) is 44.2 Å². The Morgan fingerprint density at radius 2 is 1.66 bits per heavy atom. The second-order valence-corrected chi connectivity index (χ2v) is 10.0. The van der Waals surface area contributed by atoms with E-state index < -0.39 is 41.3 Å². The minimum Gasteiger partial charge on any atom is -0.504 e. The van der Waals surface area contributed by atoms with Crippen LogP contribution in [0.25, 0.3) is 0 Å². The fourth-order valence-corrected chi connectivity index (χ4v) is 5.82. The molecular formula is C24H36N4O10. The zero-order valence-corrected chi connectivity index (χ0v) is 21.5. The van der Waals surface area contributed by atoms with Gasteiger partial charge in [-0.1, -0.05) is 19.9 Å². The molecule has 1 saturated carbocycles. The summed E-state index contributed by atoms with van der Waals surface area (Å²) in [5.41, 5.74) is 13.6. The summed E-state index contributed by atoms with van der Waals surface area (Å²) in [5.74, 6) is -0.349. The number of ether oxygens (including phenoxy) is 1. The number of nitrogens with two attached hydrogens (primary N) is 3. The molecule has 1 aromatic carbocycles. The Bertz CT molecular complexity index is 1080. The molecule has 38 heavy (non-hydrogen) atoms. The third-order valence-electron chi connectivity index (χ3n) is 7.53. The Hall–Kier alpha value is -3.62. The molecule has 5 atom stereocenters. The van der Waals surface area contributed by atoms with Crippen LogP contribution in [0.15, 0.2) is 12.1 Å². The van der Waals surface area contributed by atoms with E-state index in [1.54, 1.807) is 19.9 Å². The first kappa shape index (κ1) is 30.6. The second-order valence-electron chi connectivity index (χ2n) is 10.0. The molecule has 14 nitrogen and oxygen atoms in total. The maximum absolute atomic E-state index is 12.5. The molecule has 14 heteroatoms. The number of Topliss-reactive ketones (excluding diaryl/α,β-unsaturated/α-hetero) is 1. The molecule has 2 fully saturated rings. The van der Waals surface area contributed by atoms with Crippen LogP contribution >= 0.6 is 0 Å². The molecule has 2 amide bonds. The standard InChI is InChI=1S/C17H19NO4.C5H11NO2.2CH3NO2/c1-18-7-6-16-13-9-2-3-10(19)14(13)22-15(16)11(20)4-5-17(16,21)12(18)8-9;1-3(2)4(6)5(7)8;2*2-1(3)4/h2-3,12,15,19,21H,4-8H2,1H3;3-4H,6H2,1-2H3,(H,7,8);2*2H2,(H,3,4)/t12-,15+,16+,17-;;;/m1.../s1. The summed E-state index contributed by atoms with van der Waals surface area (Å²) in [7, 11) is 2.04. The van der Waals surface area contributed by atoms with Crippen molar-refractivity contribution >= 4 is 23.9 Å². The molecule has 2 aliphatic heterocycles. The van der Waals surface area contributed by atoms with Crippen molar-refractivity contribution in [1.82, 2.24) is 4.90 Å². The first-order valence-electron chi connectivity index (χ1n) is 11.9. The number of carboxylic acid groups (broad SMARTS) is 3. The molecule has 5 rings (SSSR count). The number of piperidine rings is 1. The zero-order chi connectivity index (χ0) is 29.2. The Balaban J connectivity index is 0.000000265. The summed E-state index contributed by atoms with van der Waals surface area (Å²) < 4.78 is 5.94. The van der Waals surface area contributed by atoms with Gasteiger partial charge in [0.15, 0.2) is 23.4 Å². The highest BCUT2D eigenvalue weighted by Gasteiger charge is 2.72. The van der Waals surface area contributed by atoms with Crippen molar-refractivity contribution in [2.75, 3.05) is 13.6 Å². The normalized spacial score (nSPS) is 28.5. The van der Waals surface area contributed by atoms with E-state index in [0.29, 0.717) is 25.0 Å². The number of phenolic OH excluding ortho intramolecular Hbond substituents is 1. The number of rotatable bonds is 2. The van der Waals surface area contributed by atoms with Crippen LogP contribution in [0.3, 0.4) is 0 Å². The number of benzene rings is 1. The third-order valence-corrected chi connectivity index (χ3v) is 7.53. The van der Waals surface area contributed by atoms with E-state index in [1.807, 2.05) is 13.1 Å². The van der Waals surface area contributed by atoms with Crippen molar-refractivity contribution in [1.29, 1.82) is 0 Å². The summed E-state index contributed by atoms with van der Waals surface area (Å²) in [5, 5.41) is 44.5. The number of carboxylic acids is 1. The molecule has 2 aliphatic carbocycles. The van der Waals surface area contributed by atoms with Gasteiger partial charge in [-0.3, -0.25) is 9.59 Å². The number of carbonyl (C=O) groups excluding carboxylic acids is 1. The molecular weight excluding hydrogens is 504 g/mol. The van der Waals surface area contributed by atoms with Gasteiger partial charge in [-0.25, -0.2) is 9.59 Å². The fraction of sp³-hybridized carbons (Fsp3) is 0.583. The number of phenols is 1. The monoisotopic (exact) mass is 540 g/mol. The van der Waals surface area contributed by atoms with Gasteiger partial charge in [0.05, 0.1) is 11.0 Å². The minimum absolute atomic E-state index is 0.00319. The van der Waals surface area contributed by atoms with Gasteiger partial charge in [0.2, 0.25) is 0 Å². The first-order valence-corrected chi connectivity index (χ1v) is 11.9. The summed E-state index contributed by atoms with van der Waals surface area (Å²) in [6, 6.07) is 2.86. The molecule has 0 radical (unpaired) electrons. The Labute approximate surface area is 219 Å². The summed E-state index contributed by atoms with van der Waals surface area (Å²) in [4.78, 5) is 42.3. The number of likely N-dealkylation sites (N-methyl/N-ethyl adjacent to an activating group) is 1. The van der Waals surface area contributed by atoms with Gasteiger partial charge >= 0.3 is 18.2 Å². The Kier molecular flexibility index (Phi) is 9.19. The fourth-order valence-electron chi connectivity index (χ4n) is 5.82. The number of carbonyl (C=O) groups is 4. The van der Waals surface area contributed by atoms with E-state index in [-0.39, 0.29) is 23.5 Å². The topological polar surface area (TPSA) is 260 Å². The maximum Gasteiger partial charge on any atom is 0.402 e. The molecule has 11 N–H and O–H groups in total. The number of ketones is 1. The van der Waals surface area contributed by atoms with Crippen molar-refractivity contribution in [3.05, 3.63) is 23.3 Å². The van der Waals surface area contributed by atoms with Gasteiger partial charge in [-0.15, -0.1) is 0 Å². The van der Waals surface area contributed by atoms with Crippen LogP contribution in [0.5, 0.6) is 11.5 Å². The number of hydrogen-bond acceptors (Lipinski definition) is 9. The van der Waals surface area contributed by atoms with Crippen LogP contribution in [-0.2, 0) is 21.4 Å². The van der Waals surface area contributed by atoms with Crippen molar-refractivity contribution < 1.29 is 49.4 Å². The SMILES string of the molecule is CC(C)C(N)C(=O)O.CN1CC[C@]23c4c5ccc(O)c4O[C@H]2C(=O)CC[C@@]3(O)[C@H]1C5.NC(=O)O.NC(=O)O.